The number of hydrogen-bond acceptors (Lipinski definition) is 5. The van der Waals surface area contributed by atoms with Crippen LogP contribution in [0.4, 0.5) is 4.39 Å². The van der Waals surface area contributed by atoms with Crippen LogP contribution in [0.1, 0.15) is 12.5 Å². The van der Waals surface area contributed by atoms with Gasteiger partial charge in [0.05, 0.1) is 20.3 Å². The smallest absolute Gasteiger partial charge is 0.193 e. The van der Waals surface area contributed by atoms with Gasteiger partial charge in [0.25, 0.3) is 0 Å². The van der Waals surface area contributed by atoms with Crippen LogP contribution in [0.25, 0.3) is 0 Å². The molecule has 2 aliphatic rings. The van der Waals surface area contributed by atoms with Gasteiger partial charge in [0.1, 0.15) is 0 Å². The molecule has 1 N–H and O–H groups in total. The molecule has 0 radical (unpaired) electrons. The molecule has 0 amide bonds. The molecule has 0 saturated carbocycles. The molecule has 1 aromatic carbocycles. The third-order valence-corrected chi connectivity index (χ3v) is 5.79. The Bertz CT molecular complexity index is 688. The van der Waals surface area contributed by atoms with E-state index >= 15 is 0 Å². The predicted molar refractivity (Wildman–Crippen MR) is 118 cm³/mol. The largest absolute Gasteiger partial charge is 0.494 e. The van der Waals surface area contributed by atoms with Crippen LogP contribution >= 0.6 is 0 Å². The van der Waals surface area contributed by atoms with E-state index in [-0.39, 0.29) is 5.82 Å². The second kappa shape index (κ2) is 11.5. The highest BCUT2D eigenvalue weighted by Gasteiger charge is 2.21. The van der Waals surface area contributed by atoms with Gasteiger partial charge in [-0.2, -0.15) is 0 Å². The predicted octanol–water partition coefficient (Wildman–Crippen LogP) is 1.50. The quantitative estimate of drug-likeness (QED) is 0.532. The molecule has 1 unspecified atom stereocenters. The van der Waals surface area contributed by atoms with Crippen LogP contribution in [0.2, 0.25) is 0 Å². The number of halogens is 1. The van der Waals surface area contributed by atoms with E-state index in [0.717, 1.165) is 83.6 Å². The van der Waals surface area contributed by atoms with Gasteiger partial charge in [0.2, 0.25) is 0 Å². The second-order valence-electron chi connectivity index (χ2n) is 8.18. The average Bonchev–Trinajstić information content (AvgIpc) is 2.76. The second-order valence-corrected chi connectivity index (χ2v) is 8.18. The molecular formula is C22H36FN5O2. The monoisotopic (exact) mass is 421 g/mol. The number of hydrogen-bond donors (Lipinski definition) is 1. The summed E-state index contributed by atoms with van der Waals surface area (Å²) in [4.78, 5) is 11.6. The van der Waals surface area contributed by atoms with Crippen LogP contribution in [-0.2, 0) is 11.3 Å². The van der Waals surface area contributed by atoms with Gasteiger partial charge in [-0.05, 0) is 23.6 Å². The van der Waals surface area contributed by atoms with Crippen LogP contribution in [0.5, 0.6) is 5.75 Å². The van der Waals surface area contributed by atoms with E-state index < -0.39 is 0 Å². The highest BCUT2D eigenvalue weighted by atomic mass is 19.1. The Labute approximate surface area is 179 Å². The maximum atomic E-state index is 13.9. The number of benzene rings is 1. The Balaban J connectivity index is 1.41. The number of guanidine groups is 1. The van der Waals surface area contributed by atoms with Crippen LogP contribution in [-0.4, -0.2) is 100 Å². The fraction of sp³-hybridized carbons (Fsp3) is 0.682. The minimum atomic E-state index is -0.301. The molecule has 1 atom stereocenters. The Kier molecular flexibility index (Phi) is 8.72. The molecule has 3 rings (SSSR count). The zero-order chi connectivity index (χ0) is 21.3. The Morgan fingerprint density at radius 1 is 1.17 bits per heavy atom. The minimum absolute atomic E-state index is 0.293. The molecule has 0 aliphatic carbocycles. The molecule has 2 saturated heterocycles. The number of morpholine rings is 1. The van der Waals surface area contributed by atoms with Crippen molar-refractivity contribution in [2.45, 2.75) is 13.5 Å². The van der Waals surface area contributed by atoms with Gasteiger partial charge in [-0.1, -0.05) is 13.0 Å². The van der Waals surface area contributed by atoms with Crippen molar-refractivity contribution >= 4 is 5.96 Å². The van der Waals surface area contributed by atoms with Crippen molar-refractivity contribution in [3.05, 3.63) is 29.6 Å². The SMILES string of the molecule is CN=C(NCC(C)CN1CCOCC1)N1CCN(Cc2ccc(OC)c(F)c2)CC1. The summed E-state index contributed by atoms with van der Waals surface area (Å²) in [5, 5.41) is 3.55. The highest BCUT2D eigenvalue weighted by molar-refractivity contribution is 5.80. The lowest BCUT2D eigenvalue weighted by Crippen LogP contribution is -2.53. The van der Waals surface area contributed by atoms with Crippen molar-refractivity contribution in [2.24, 2.45) is 10.9 Å². The van der Waals surface area contributed by atoms with Gasteiger partial charge in [0.15, 0.2) is 17.5 Å². The van der Waals surface area contributed by atoms with Crippen LogP contribution in [0.15, 0.2) is 23.2 Å². The number of aliphatic imine (C=N–C) groups is 1. The average molecular weight is 422 g/mol. The Morgan fingerprint density at radius 2 is 1.90 bits per heavy atom. The van der Waals surface area contributed by atoms with Crippen LogP contribution in [0.3, 0.4) is 0 Å². The van der Waals surface area contributed by atoms with Crippen molar-refractivity contribution in [3.8, 4) is 5.75 Å². The number of nitrogens with one attached hydrogen (secondary N) is 1. The number of ether oxygens (including phenoxy) is 2. The van der Waals surface area contributed by atoms with Crippen molar-refractivity contribution < 1.29 is 13.9 Å². The molecule has 0 aromatic heterocycles. The van der Waals surface area contributed by atoms with E-state index in [9.17, 15) is 4.39 Å². The first-order valence-corrected chi connectivity index (χ1v) is 10.9. The molecule has 1 aromatic rings. The number of methoxy groups -OCH3 is 1. The summed E-state index contributed by atoms with van der Waals surface area (Å²) in [6.45, 7) is 12.4. The van der Waals surface area contributed by atoms with Crippen molar-refractivity contribution in [1.82, 2.24) is 20.0 Å². The van der Waals surface area contributed by atoms with E-state index in [4.69, 9.17) is 9.47 Å². The summed E-state index contributed by atoms with van der Waals surface area (Å²) in [5.41, 5.74) is 0.973. The summed E-state index contributed by atoms with van der Waals surface area (Å²) < 4.78 is 24.4. The molecule has 0 spiro atoms. The summed E-state index contributed by atoms with van der Waals surface area (Å²) in [6, 6.07) is 5.21. The zero-order valence-corrected chi connectivity index (χ0v) is 18.6. The Morgan fingerprint density at radius 3 is 2.53 bits per heavy atom. The molecule has 168 valence electrons. The highest BCUT2D eigenvalue weighted by Crippen LogP contribution is 2.19. The first-order chi connectivity index (χ1) is 14.6. The van der Waals surface area contributed by atoms with E-state index in [0.29, 0.717) is 11.7 Å². The first-order valence-electron chi connectivity index (χ1n) is 10.9. The van der Waals surface area contributed by atoms with Crippen molar-refractivity contribution in [1.29, 1.82) is 0 Å². The zero-order valence-electron chi connectivity index (χ0n) is 18.6. The van der Waals surface area contributed by atoms with Gasteiger partial charge in [0, 0.05) is 66.0 Å². The van der Waals surface area contributed by atoms with Gasteiger partial charge in [-0.15, -0.1) is 0 Å². The van der Waals surface area contributed by atoms with Gasteiger partial charge in [-0.25, -0.2) is 4.39 Å². The van der Waals surface area contributed by atoms with Crippen LogP contribution < -0.4 is 10.1 Å². The van der Waals surface area contributed by atoms with E-state index in [1.807, 2.05) is 13.1 Å². The van der Waals surface area contributed by atoms with Crippen molar-refractivity contribution in [3.63, 3.8) is 0 Å². The van der Waals surface area contributed by atoms with Gasteiger partial charge >= 0.3 is 0 Å². The first kappa shape index (κ1) is 22.8. The lowest BCUT2D eigenvalue weighted by molar-refractivity contribution is 0.0320. The van der Waals surface area contributed by atoms with E-state index in [1.54, 1.807) is 12.1 Å². The third kappa shape index (κ3) is 6.55. The summed E-state index contributed by atoms with van der Waals surface area (Å²) in [6.07, 6.45) is 0. The fourth-order valence-corrected chi connectivity index (χ4v) is 4.07. The van der Waals surface area contributed by atoms with Crippen LogP contribution in [0, 0.1) is 11.7 Å². The molecule has 30 heavy (non-hydrogen) atoms. The normalized spacial score (nSPS) is 20.3. The third-order valence-electron chi connectivity index (χ3n) is 5.79. The fourth-order valence-electron chi connectivity index (χ4n) is 4.07. The Hall–Kier alpha value is -1.90. The van der Waals surface area contributed by atoms with Gasteiger partial charge < -0.3 is 19.7 Å². The molecule has 2 aliphatic heterocycles. The molecule has 2 fully saturated rings. The number of piperazine rings is 1. The molecule has 2 heterocycles. The van der Waals surface area contributed by atoms with Crippen molar-refractivity contribution in [2.75, 3.05) is 79.7 Å². The maximum absolute atomic E-state index is 13.9. The van der Waals surface area contributed by atoms with E-state index in [1.165, 1.54) is 7.11 Å². The number of rotatable bonds is 7. The topological polar surface area (TPSA) is 52.6 Å². The molecular weight excluding hydrogens is 385 g/mol. The lowest BCUT2D eigenvalue weighted by atomic mass is 10.1. The molecule has 0 bridgehead atoms. The minimum Gasteiger partial charge on any atom is -0.494 e. The maximum Gasteiger partial charge on any atom is 0.193 e. The van der Waals surface area contributed by atoms with E-state index in [2.05, 4.69) is 31.9 Å². The molecule has 8 heteroatoms. The standard InChI is InChI=1S/C22H36FN5O2/c1-18(16-27-10-12-30-13-11-27)15-25-22(24-2)28-8-6-26(7-9-28)17-19-4-5-21(29-3)20(23)14-19/h4-5,14,18H,6-13,15-17H2,1-3H3,(H,24,25). The van der Waals surface area contributed by atoms with Gasteiger partial charge in [-0.3, -0.25) is 14.8 Å². The lowest BCUT2D eigenvalue weighted by Gasteiger charge is -2.37. The molecule has 7 nitrogen and oxygen atoms in total. The summed E-state index contributed by atoms with van der Waals surface area (Å²) in [7, 11) is 3.34. The summed E-state index contributed by atoms with van der Waals surface area (Å²) >= 11 is 0. The summed E-state index contributed by atoms with van der Waals surface area (Å²) in [5.74, 6) is 1.51. The number of nitrogens with zero attached hydrogens (tertiary/aromatic N) is 4.